The molecule has 0 radical (unpaired) electrons. The minimum Gasteiger partial charge on any atom is -0.378 e. The summed E-state index contributed by atoms with van der Waals surface area (Å²) in [5.41, 5.74) is 4.42. The summed E-state index contributed by atoms with van der Waals surface area (Å²) in [6.45, 7) is 3.83. The molecule has 0 aliphatic carbocycles. The molecule has 0 bridgehead atoms. The van der Waals surface area contributed by atoms with Gasteiger partial charge >= 0.3 is 0 Å². The van der Waals surface area contributed by atoms with Gasteiger partial charge in [-0.2, -0.15) is 0 Å². The molecule has 3 aromatic carbocycles. The number of rotatable bonds is 8. The quantitative estimate of drug-likeness (QED) is 0.564. The Balaban J connectivity index is 1.80. The molecule has 0 saturated carbocycles. The molecule has 0 heterocycles. The second-order valence-electron chi connectivity index (χ2n) is 8.00. The van der Waals surface area contributed by atoms with Crippen molar-refractivity contribution in [2.45, 2.75) is 25.3 Å². The van der Waals surface area contributed by atoms with Crippen LogP contribution in [0.3, 0.4) is 0 Å². The van der Waals surface area contributed by atoms with E-state index in [1.165, 1.54) is 0 Å². The number of nitrogens with one attached hydrogen (secondary N) is 1. The summed E-state index contributed by atoms with van der Waals surface area (Å²) in [7, 11) is 0.0165. The van der Waals surface area contributed by atoms with Crippen LogP contribution in [0.1, 0.15) is 16.7 Å². The maximum Gasteiger partial charge on any atom is 0.264 e. The van der Waals surface area contributed by atoms with Gasteiger partial charge in [0.1, 0.15) is 6.54 Å². The normalized spacial score (nSPS) is 11.1. The molecule has 1 N–H and O–H groups in total. The first-order valence-corrected chi connectivity index (χ1v) is 11.8. The zero-order valence-corrected chi connectivity index (χ0v) is 19.7. The first-order chi connectivity index (χ1) is 15.2. The Labute approximate surface area is 190 Å². The van der Waals surface area contributed by atoms with Gasteiger partial charge in [0.25, 0.3) is 10.0 Å². The lowest BCUT2D eigenvalue weighted by atomic mass is 10.2. The van der Waals surface area contributed by atoms with E-state index in [-0.39, 0.29) is 17.3 Å². The molecule has 3 rings (SSSR count). The molecule has 0 aliphatic rings. The van der Waals surface area contributed by atoms with Gasteiger partial charge in [-0.25, -0.2) is 8.42 Å². The number of carbonyl (C=O) groups excluding carboxylic acids is 1. The monoisotopic (exact) mass is 451 g/mol. The van der Waals surface area contributed by atoms with Crippen LogP contribution in [0.15, 0.2) is 77.7 Å². The van der Waals surface area contributed by atoms with Gasteiger partial charge < -0.3 is 10.2 Å². The number of nitrogens with zero attached hydrogens (tertiary/aromatic N) is 2. The third-order valence-corrected chi connectivity index (χ3v) is 6.95. The summed E-state index contributed by atoms with van der Waals surface area (Å²) >= 11 is 0. The van der Waals surface area contributed by atoms with E-state index in [0.29, 0.717) is 12.2 Å². The van der Waals surface area contributed by atoms with Crippen LogP contribution in [0.5, 0.6) is 0 Å². The fourth-order valence-corrected chi connectivity index (χ4v) is 4.58. The highest BCUT2D eigenvalue weighted by Crippen LogP contribution is 2.24. The van der Waals surface area contributed by atoms with Gasteiger partial charge in [0.05, 0.1) is 10.6 Å². The lowest BCUT2D eigenvalue weighted by molar-refractivity contribution is -0.119. The van der Waals surface area contributed by atoms with Crippen molar-refractivity contribution in [2.24, 2.45) is 0 Å². The van der Waals surface area contributed by atoms with Crippen molar-refractivity contribution in [1.29, 1.82) is 0 Å². The summed E-state index contributed by atoms with van der Waals surface area (Å²) in [6.07, 6.45) is 0. The smallest absolute Gasteiger partial charge is 0.264 e. The average molecular weight is 452 g/mol. The Hall–Kier alpha value is -3.32. The van der Waals surface area contributed by atoms with E-state index in [1.54, 1.807) is 36.4 Å². The molecule has 6 nitrogen and oxygen atoms in total. The molecule has 7 heteroatoms. The summed E-state index contributed by atoms with van der Waals surface area (Å²) in [6, 6.07) is 21.6. The number of sulfonamides is 1. The second kappa shape index (κ2) is 9.87. The molecular formula is C25H29N3O3S. The topological polar surface area (TPSA) is 69.7 Å². The van der Waals surface area contributed by atoms with Crippen LogP contribution in [0, 0.1) is 13.8 Å². The average Bonchev–Trinajstić information content (AvgIpc) is 2.77. The van der Waals surface area contributed by atoms with Crippen LogP contribution in [0.25, 0.3) is 0 Å². The summed E-state index contributed by atoms with van der Waals surface area (Å²) in [5, 5.41) is 2.83. The van der Waals surface area contributed by atoms with E-state index < -0.39 is 10.0 Å². The third kappa shape index (κ3) is 5.68. The van der Waals surface area contributed by atoms with Gasteiger partial charge in [0.2, 0.25) is 5.91 Å². The zero-order chi connectivity index (χ0) is 23.3. The number of hydrogen-bond donors (Lipinski definition) is 1. The van der Waals surface area contributed by atoms with Gasteiger partial charge in [-0.15, -0.1) is 0 Å². The Morgan fingerprint density at radius 1 is 0.781 bits per heavy atom. The molecule has 1 amide bonds. The molecule has 0 spiro atoms. The molecule has 0 atom stereocenters. The minimum atomic E-state index is -3.91. The van der Waals surface area contributed by atoms with Crippen molar-refractivity contribution in [3.8, 4) is 0 Å². The SMILES string of the molecule is Cc1ccc(N(CC(=O)NCc2ccc(N(C)C)cc2)S(=O)(=O)c2ccc(C)cc2)cc1. The number of anilines is 2. The van der Waals surface area contributed by atoms with Crippen molar-refractivity contribution < 1.29 is 13.2 Å². The van der Waals surface area contributed by atoms with Crippen molar-refractivity contribution in [2.75, 3.05) is 29.8 Å². The first-order valence-electron chi connectivity index (χ1n) is 10.4. The Kier molecular flexibility index (Phi) is 7.20. The standard InChI is InChI=1S/C25H29N3O3S/c1-19-5-11-23(12-6-19)28(32(30,31)24-15-7-20(2)8-16-24)18-25(29)26-17-21-9-13-22(14-10-21)27(3)4/h5-16H,17-18H2,1-4H3,(H,26,29). The zero-order valence-electron chi connectivity index (χ0n) is 18.9. The fourth-order valence-electron chi connectivity index (χ4n) is 3.16. The van der Waals surface area contributed by atoms with Crippen molar-refractivity contribution in [3.05, 3.63) is 89.5 Å². The fraction of sp³-hybridized carbons (Fsp3) is 0.240. The molecule has 0 aliphatic heterocycles. The molecule has 0 fully saturated rings. The number of benzene rings is 3. The highest BCUT2D eigenvalue weighted by molar-refractivity contribution is 7.92. The number of carbonyl (C=O) groups is 1. The number of amides is 1. The molecule has 168 valence electrons. The van der Waals surface area contributed by atoms with E-state index in [4.69, 9.17) is 0 Å². The maximum atomic E-state index is 13.4. The molecule has 0 aromatic heterocycles. The van der Waals surface area contributed by atoms with Crippen LogP contribution in [-0.2, 0) is 21.4 Å². The number of hydrogen-bond acceptors (Lipinski definition) is 4. The van der Waals surface area contributed by atoms with Crippen LogP contribution < -0.4 is 14.5 Å². The van der Waals surface area contributed by atoms with Crippen LogP contribution in [-0.4, -0.2) is 35.0 Å². The van der Waals surface area contributed by atoms with E-state index in [9.17, 15) is 13.2 Å². The lowest BCUT2D eigenvalue weighted by Gasteiger charge is -2.24. The molecule has 0 unspecified atom stereocenters. The van der Waals surface area contributed by atoms with E-state index >= 15 is 0 Å². The number of aryl methyl sites for hydroxylation is 2. The maximum absolute atomic E-state index is 13.4. The Bertz CT molecular complexity index is 1150. The van der Waals surface area contributed by atoms with Crippen LogP contribution in [0.4, 0.5) is 11.4 Å². The Morgan fingerprint density at radius 2 is 1.28 bits per heavy atom. The minimum absolute atomic E-state index is 0.149. The molecule has 0 saturated heterocycles. The summed E-state index contributed by atoms with van der Waals surface area (Å²) in [5.74, 6) is -0.377. The third-order valence-electron chi connectivity index (χ3n) is 5.16. The predicted molar refractivity (Wildman–Crippen MR) is 130 cm³/mol. The van der Waals surface area contributed by atoms with Crippen LogP contribution in [0.2, 0.25) is 0 Å². The van der Waals surface area contributed by atoms with Crippen LogP contribution >= 0.6 is 0 Å². The van der Waals surface area contributed by atoms with Crippen molar-refractivity contribution in [1.82, 2.24) is 5.32 Å². The van der Waals surface area contributed by atoms with Gasteiger partial charge in [-0.3, -0.25) is 9.10 Å². The highest BCUT2D eigenvalue weighted by Gasteiger charge is 2.27. The first kappa shape index (κ1) is 23.3. The van der Waals surface area contributed by atoms with Gasteiger partial charge in [0, 0.05) is 26.3 Å². The molecule has 32 heavy (non-hydrogen) atoms. The van der Waals surface area contributed by atoms with E-state index in [1.807, 2.05) is 69.2 Å². The summed E-state index contributed by atoms with van der Waals surface area (Å²) < 4.78 is 27.9. The molecule has 3 aromatic rings. The lowest BCUT2D eigenvalue weighted by Crippen LogP contribution is -2.40. The predicted octanol–water partition coefficient (Wildman–Crippen LogP) is 3.88. The van der Waals surface area contributed by atoms with Crippen molar-refractivity contribution in [3.63, 3.8) is 0 Å². The van der Waals surface area contributed by atoms with E-state index in [2.05, 4.69) is 5.32 Å². The van der Waals surface area contributed by atoms with Gasteiger partial charge in [-0.05, 0) is 55.8 Å². The molecular weight excluding hydrogens is 422 g/mol. The van der Waals surface area contributed by atoms with Crippen molar-refractivity contribution >= 4 is 27.3 Å². The second-order valence-corrected chi connectivity index (χ2v) is 9.86. The largest absolute Gasteiger partial charge is 0.378 e. The Morgan fingerprint density at radius 3 is 1.81 bits per heavy atom. The van der Waals surface area contributed by atoms with Gasteiger partial charge in [0.15, 0.2) is 0 Å². The summed E-state index contributed by atoms with van der Waals surface area (Å²) in [4.78, 5) is 14.9. The van der Waals surface area contributed by atoms with E-state index in [0.717, 1.165) is 26.7 Å². The van der Waals surface area contributed by atoms with Gasteiger partial charge in [-0.1, -0.05) is 47.5 Å². The highest BCUT2D eigenvalue weighted by atomic mass is 32.2.